The van der Waals surface area contributed by atoms with Crippen LogP contribution in [0, 0.1) is 0 Å². The molecule has 2 amide bonds. The number of pyridine rings is 1. The van der Waals surface area contributed by atoms with Gasteiger partial charge < -0.3 is 10.3 Å². The number of halogens is 1. The lowest BCUT2D eigenvalue weighted by Gasteiger charge is -2.03. The first-order valence-electron chi connectivity index (χ1n) is 8.92. The molecule has 0 atom stereocenters. The van der Waals surface area contributed by atoms with Gasteiger partial charge in [0.05, 0.1) is 23.3 Å². The van der Waals surface area contributed by atoms with E-state index in [0.29, 0.717) is 21.0 Å². The van der Waals surface area contributed by atoms with Gasteiger partial charge in [-0.1, -0.05) is 48.0 Å². The summed E-state index contributed by atoms with van der Waals surface area (Å²) < 4.78 is 0.891. The monoisotopic (exact) mass is 438 g/mol. The van der Waals surface area contributed by atoms with Crippen molar-refractivity contribution in [3.63, 3.8) is 0 Å². The summed E-state index contributed by atoms with van der Waals surface area (Å²) in [6.07, 6.45) is 1.26. The van der Waals surface area contributed by atoms with Crippen molar-refractivity contribution in [3.05, 3.63) is 80.4 Å². The van der Waals surface area contributed by atoms with E-state index in [9.17, 15) is 14.4 Å². The zero-order valence-corrected chi connectivity index (χ0v) is 17.0. The quantitative estimate of drug-likeness (QED) is 0.329. The van der Waals surface area contributed by atoms with Crippen LogP contribution in [0.1, 0.15) is 15.2 Å². The van der Waals surface area contributed by atoms with Crippen LogP contribution < -0.4 is 16.3 Å². The van der Waals surface area contributed by atoms with Gasteiger partial charge in [0.15, 0.2) is 0 Å². The van der Waals surface area contributed by atoms with Crippen molar-refractivity contribution in [1.82, 2.24) is 15.7 Å². The van der Waals surface area contributed by atoms with Gasteiger partial charge in [-0.25, -0.2) is 5.43 Å². The number of fused-ring (bicyclic) bond motifs is 2. The highest BCUT2D eigenvalue weighted by Crippen LogP contribution is 2.34. The van der Waals surface area contributed by atoms with Crippen LogP contribution in [-0.4, -0.2) is 29.6 Å². The molecule has 0 radical (unpaired) electrons. The Labute approximate surface area is 179 Å². The molecular formula is C21H15ClN4O3S. The van der Waals surface area contributed by atoms with Crippen LogP contribution in [0.25, 0.3) is 21.0 Å². The molecular weight excluding hydrogens is 424 g/mol. The van der Waals surface area contributed by atoms with Gasteiger partial charge in [-0.2, -0.15) is 5.10 Å². The van der Waals surface area contributed by atoms with Gasteiger partial charge in [-0.3, -0.25) is 14.4 Å². The Kier molecular flexibility index (Phi) is 5.60. The molecule has 2 aromatic heterocycles. The van der Waals surface area contributed by atoms with Gasteiger partial charge >= 0.3 is 0 Å². The van der Waals surface area contributed by atoms with E-state index in [-0.39, 0.29) is 12.1 Å². The van der Waals surface area contributed by atoms with E-state index in [1.54, 1.807) is 12.1 Å². The molecule has 3 N–H and O–H groups in total. The Morgan fingerprint density at radius 2 is 1.90 bits per heavy atom. The normalized spacial score (nSPS) is 11.2. The second-order valence-corrected chi connectivity index (χ2v) is 7.79. The van der Waals surface area contributed by atoms with E-state index in [1.165, 1.54) is 17.6 Å². The number of para-hydroxylation sites is 1. The van der Waals surface area contributed by atoms with Crippen molar-refractivity contribution in [3.8, 4) is 0 Å². The van der Waals surface area contributed by atoms with Crippen LogP contribution in [0.2, 0.25) is 5.02 Å². The molecule has 0 bridgehead atoms. The number of hydrogen-bond donors (Lipinski definition) is 3. The number of hydrazone groups is 1. The van der Waals surface area contributed by atoms with Crippen molar-refractivity contribution >= 4 is 62.0 Å². The zero-order chi connectivity index (χ0) is 21.1. The lowest BCUT2D eigenvalue weighted by molar-refractivity contribution is -0.120. The summed E-state index contributed by atoms with van der Waals surface area (Å²) in [6, 6.07) is 16.4. The molecule has 0 unspecified atom stereocenters. The molecule has 2 aromatic carbocycles. The van der Waals surface area contributed by atoms with Crippen LogP contribution in [-0.2, 0) is 4.79 Å². The molecule has 0 fully saturated rings. The minimum absolute atomic E-state index is 0.283. The van der Waals surface area contributed by atoms with Gasteiger partial charge in [0.25, 0.3) is 17.4 Å². The van der Waals surface area contributed by atoms with Crippen molar-refractivity contribution < 1.29 is 9.59 Å². The molecule has 150 valence electrons. The topological polar surface area (TPSA) is 103 Å². The maximum atomic E-state index is 12.4. The van der Waals surface area contributed by atoms with Crippen molar-refractivity contribution in [2.45, 2.75) is 0 Å². The van der Waals surface area contributed by atoms with E-state index in [0.717, 1.165) is 15.5 Å². The molecule has 0 spiro atoms. The number of aromatic amines is 1. The number of carbonyl (C=O) groups is 2. The lowest BCUT2D eigenvalue weighted by Crippen LogP contribution is -2.34. The fraction of sp³-hybridized carbons (Fsp3) is 0.0476. The van der Waals surface area contributed by atoms with Crippen molar-refractivity contribution in [1.29, 1.82) is 0 Å². The van der Waals surface area contributed by atoms with E-state index in [2.05, 4.69) is 20.8 Å². The summed E-state index contributed by atoms with van der Waals surface area (Å²) in [7, 11) is 0. The van der Waals surface area contributed by atoms with Gasteiger partial charge in [0.1, 0.15) is 4.88 Å². The predicted octanol–water partition coefficient (Wildman–Crippen LogP) is 3.28. The van der Waals surface area contributed by atoms with E-state index in [4.69, 9.17) is 11.6 Å². The first-order valence-corrected chi connectivity index (χ1v) is 10.1. The standard InChI is InChI=1S/C21H15ClN4O3S/c22-18-14-6-2-4-8-16(14)30-19(18)21(29)23-11-17(27)26-24-10-13-9-12-5-1-3-7-15(12)25-20(13)28/h1-10H,11H2,(H,23,29)(H,25,28)(H,26,27). The first kappa shape index (κ1) is 19.8. The smallest absolute Gasteiger partial charge is 0.263 e. The molecule has 0 saturated carbocycles. The lowest BCUT2D eigenvalue weighted by atomic mass is 10.2. The highest BCUT2D eigenvalue weighted by Gasteiger charge is 2.17. The Morgan fingerprint density at radius 3 is 2.73 bits per heavy atom. The summed E-state index contributed by atoms with van der Waals surface area (Å²) in [5, 5.41) is 8.31. The van der Waals surface area contributed by atoms with Crippen molar-refractivity contribution in [2.75, 3.05) is 6.54 Å². The second kappa shape index (κ2) is 8.48. The molecule has 0 saturated heterocycles. The van der Waals surface area contributed by atoms with Gasteiger partial charge in [0, 0.05) is 15.6 Å². The summed E-state index contributed by atoms with van der Waals surface area (Å²) in [4.78, 5) is 39.5. The Morgan fingerprint density at radius 1 is 1.13 bits per heavy atom. The number of rotatable bonds is 5. The summed E-state index contributed by atoms with van der Waals surface area (Å²) in [5.74, 6) is -0.972. The summed E-state index contributed by atoms with van der Waals surface area (Å²) >= 11 is 7.53. The van der Waals surface area contributed by atoms with Crippen LogP contribution >= 0.6 is 22.9 Å². The summed E-state index contributed by atoms with van der Waals surface area (Å²) in [5.41, 5.74) is 2.98. The molecule has 0 aliphatic carbocycles. The first-order chi connectivity index (χ1) is 14.5. The third-order valence-corrected chi connectivity index (χ3v) is 6.00. The number of nitrogens with zero attached hydrogens (tertiary/aromatic N) is 1. The largest absolute Gasteiger partial charge is 0.342 e. The maximum Gasteiger partial charge on any atom is 0.263 e. The van der Waals surface area contributed by atoms with E-state index < -0.39 is 11.8 Å². The average Bonchev–Trinajstić information content (AvgIpc) is 3.09. The number of thiophene rings is 1. The number of nitrogens with one attached hydrogen (secondary N) is 3. The second-order valence-electron chi connectivity index (χ2n) is 6.36. The molecule has 4 rings (SSSR count). The van der Waals surface area contributed by atoms with E-state index in [1.807, 2.05) is 42.5 Å². The predicted molar refractivity (Wildman–Crippen MR) is 119 cm³/mol. The average molecular weight is 439 g/mol. The van der Waals surface area contributed by atoms with Crippen LogP contribution in [0.5, 0.6) is 0 Å². The molecule has 0 aliphatic heterocycles. The molecule has 2 heterocycles. The van der Waals surface area contributed by atoms with Crippen LogP contribution in [0.3, 0.4) is 0 Å². The SMILES string of the molecule is O=C(CNC(=O)c1sc2ccccc2c1Cl)NN=Cc1cc2ccccc2[nH]c1=O. The fourth-order valence-electron chi connectivity index (χ4n) is 2.87. The molecule has 0 aliphatic rings. The Balaban J connectivity index is 1.37. The third kappa shape index (κ3) is 4.10. The van der Waals surface area contributed by atoms with Gasteiger partial charge in [0.2, 0.25) is 0 Å². The number of amides is 2. The number of H-pyrrole nitrogens is 1. The van der Waals surface area contributed by atoms with E-state index >= 15 is 0 Å². The molecule has 30 heavy (non-hydrogen) atoms. The number of aromatic nitrogens is 1. The van der Waals surface area contributed by atoms with Crippen LogP contribution in [0.15, 0.2) is 64.5 Å². The number of carbonyl (C=O) groups excluding carboxylic acids is 2. The minimum atomic E-state index is -0.533. The maximum absolute atomic E-state index is 12.4. The molecule has 7 nitrogen and oxygen atoms in total. The highest BCUT2D eigenvalue weighted by atomic mass is 35.5. The Bertz CT molecular complexity index is 1360. The fourth-order valence-corrected chi connectivity index (χ4v) is 4.31. The van der Waals surface area contributed by atoms with Gasteiger partial charge in [-0.05, 0) is 23.6 Å². The molecule has 9 heteroatoms. The van der Waals surface area contributed by atoms with Gasteiger partial charge in [-0.15, -0.1) is 11.3 Å². The number of benzene rings is 2. The summed E-state index contributed by atoms with van der Waals surface area (Å²) in [6.45, 7) is -0.283. The Hall–Kier alpha value is -3.49. The van der Waals surface area contributed by atoms with Crippen molar-refractivity contribution in [2.24, 2.45) is 5.10 Å². The minimum Gasteiger partial charge on any atom is -0.342 e. The third-order valence-electron chi connectivity index (χ3n) is 4.33. The zero-order valence-electron chi connectivity index (χ0n) is 15.4. The number of hydrogen-bond acceptors (Lipinski definition) is 5. The highest BCUT2D eigenvalue weighted by molar-refractivity contribution is 7.21. The van der Waals surface area contributed by atoms with Crippen LogP contribution in [0.4, 0.5) is 0 Å². The molecule has 4 aromatic rings.